The van der Waals surface area contributed by atoms with E-state index in [2.05, 4.69) is 15.5 Å². The molecule has 0 aliphatic heterocycles. The third-order valence-electron chi connectivity index (χ3n) is 3.01. The Balaban J connectivity index is 1.91. The fraction of sp³-hybridized carbons (Fsp3) is 0.400. The van der Waals surface area contributed by atoms with Gasteiger partial charge in [-0.15, -0.1) is 0 Å². The SMILES string of the molecule is COc1ccc(-c2noc(CC(=O)NCCN(C)C)n2)cc1. The van der Waals surface area contributed by atoms with E-state index in [0.29, 0.717) is 18.3 Å². The van der Waals surface area contributed by atoms with Gasteiger partial charge in [0.05, 0.1) is 7.11 Å². The standard InChI is InChI=1S/C15H20N4O3/c1-19(2)9-8-16-13(20)10-14-17-15(18-22-14)11-4-6-12(21-3)7-5-11/h4-7H,8-10H2,1-3H3,(H,16,20). The Morgan fingerprint density at radius 2 is 2.05 bits per heavy atom. The Morgan fingerprint density at radius 1 is 1.32 bits per heavy atom. The van der Waals surface area contributed by atoms with Gasteiger partial charge in [-0.25, -0.2) is 0 Å². The predicted octanol–water partition coefficient (Wildman–Crippen LogP) is 0.965. The van der Waals surface area contributed by atoms with Crippen LogP contribution in [0.4, 0.5) is 0 Å². The highest BCUT2D eigenvalue weighted by molar-refractivity contribution is 5.77. The Hall–Kier alpha value is -2.41. The maximum Gasteiger partial charge on any atom is 0.236 e. The lowest BCUT2D eigenvalue weighted by atomic mass is 10.2. The molecule has 0 saturated carbocycles. The summed E-state index contributed by atoms with van der Waals surface area (Å²) in [6.45, 7) is 1.37. The second-order valence-corrected chi connectivity index (χ2v) is 5.07. The molecule has 7 heteroatoms. The number of amides is 1. The van der Waals surface area contributed by atoms with Crippen LogP contribution in [-0.2, 0) is 11.2 Å². The summed E-state index contributed by atoms with van der Waals surface area (Å²) in [4.78, 5) is 18.0. The van der Waals surface area contributed by atoms with Gasteiger partial charge in [-0.1, -0.05) is 5.16 Å². The molecule has 0 atom stereocenters. The van der Waals surface area contributed by atoms with Gasteiger partial charge in [-0.3, -0.25) is 4.79 Å². The quantitative estimate of drug-likeness (QED) is 0.821. The first-order valence-corrected chi connectivity index (χ1v) is 6.97. The normalized spacial score (nSPS) is 10.7. The van der Waals surface area contributed by atoms with Crippen molar-refractivity contribution in [3.8, 4) is 17.1 Å². The van der Waals surface area contributed by atoms with E-state index in [4.69, 9.17) is 9.26 Å². The number of likely N-dealkylation sites (N-methyl/N-ethyl adjacent to an activating group) is 1. The van der Waals surface area contributed by atoms with Crippen LogP contribution >= 0.6 is 0 Å². The van der Waals surface area contributed by atoms with Crippen molar-refractivity contribution in [1.82, 2.24) is 20.4 Å². The van der Waals surface area contributed by atoms with E-state index in [1.807, 2.05) is 43.3 Å². The fourth-order valence-corrected chi connectivity index (χ4v) is 1.80. The molecule has 1 aromatic carbocycles. The van der Waals surface area contributed by atoms with E-state index >= 15 is 0 Å². The molecular weight excluding hydrogens is 284 g/mol. The number of aromatic nitrogens is 2. The summed E-state index contributed by atoms with van der Waals surface area (Å²) in [5.74, 6) is 1.38. The lowest BCUT2D eigenvalue weighted by Crippen LogP contribution is -2.32. The number of nitrogens with one attached hydrogen (secondary N) is 1. The van der Waals surface area contributed by atoms with Gasteiger partial charge in [-0.2, -0.15) is 4.98 Å². The van der Waals surface area contributed by atoms with Crippen molar-refractivity contribution in [2.75, 3.05) is 34.3 Å². The molecular formula is C15H20N4O3. The minimum absolute atomic E-state index is 0.0799. The lowest BCUT2D eigenvalue weighted by molar-refractivity contribution is -0.120. The molecule has 0 saturated heterocycles. The molecule has 1 heterocycles. The van der Waals surface area contributed by atoms with E-state index in [0.717, 1.165) is 17.9 Å². The average molecular weight is 304 g/mol. The lowest BCUT2D eigenvalue weighted by Gasteiger charge is -2.09. The van der Waals surface area contributed by atoms with Gasteiger partial charge in [0.2, 0.25) is 17.6 Å². The van der Waals surface area contributed by atoms with Crippen LogP contribution < -0.4 is 10.1 Å². The molecule has 0 bridgehead atoms. The largest absolute Gasteiger partial charge is 0.497 e. The van der Waals surface area contributed by atoms with Gasteiger partial charge in [0.1, 0.15) is 12.2 Å². The van der Waals surface area contributed by atoms with Crippen molar-refractivity contribution in [2.24, 2.45) is 0 Å². The summed E-state index contributed by atoms with van der Waals surface area (Å²) in [5.41, 5.74) is 0.809. The third kappa shape index (κ3) is 4.56. The molecule has 1 N–H and O–H groups in total. The number of carbonyl (C=O) groups is 1. The minimum Gasteiger partial charge on any atom is -0.497 e. The maximum atomic E-state index is 11.7. The second kappa shape index (κ2) is 7.56. The van der Waals surface area contributed by atoms with Gasteiger partial charge in [0.25, 0.3) is 0 Å². The average Bonchev–Trinajstić information content (AvgIpc) is 2.95. The van der Waals surface area contributed by atoms with E-state index < -0.39 is 0 Å². The number of methoxy groups -OCH3 is 1. The van der Waals surface area contributed by atoms with Gasteiger partial charge in [0.15, 0.2) is 0 Å². The molecule has 7 nitrogen and oxygen atoms in total. The first-order chi connectivity index (χ1) is 10.6. The molecule has 1 amide bonds. The summed E-state index contributed by atoms with van der Waals surface area (Å²) < 4.78 is 10.2. The van der Waals surface area contributed by atoms with Crippen LogP contribution in [0.2, 0.25) is 0 Å². The molecule has 1 aromatic heterocycles. The Labute approximate surface area is 129 Å². The highest BCUT2D eigenvalue weighted by Gasteiger charge is 2.12. The van der Waals surface area contributed by atoms with Crippen LogP contribution in [0.5, 0.6) is 5.75 Å². The number of rotatable bonds is 7. The van der Waals surface area contributed by atoms with Crippen molar-refractivity contribution in [1.29, 1.82) is 0 Å². The van der Waals surface area contributed by atoms with Gasteiger partial charge >= 0.3 is 0 Å². The van der Waals surface area contributed by atoms with Crippen molar-refractivity contribution < 1.29 is 14.1 Å². The molecule has 0 aliphatic rings. The first kappa shape index (κ1) is 16.0. The van der Waals surface area contributed by atoms with E-state index in [1.165, 1.54) is 0 Å². The van der Waals surface area contributed by atoms with Crippen molar-refractivity contribution in [2.45, 2.75) is 6.42 Å². The summed E-state index contributed by atoms with van der Waals surface area (Å²) in [5, 5.41) is 6.69. The Bertz CT molecular complexity index is 608. The number of hydrogen-bond acceptors (Lipinski definition) is 6. The fourth-order valence-electron chi connectivity index (χ4n) is 1.80. The zero-order valence-electron chi connectivity index (χ0n) is 13.0. The molecule has 0 unspecified atom stereocenters. The van der Waals surface area contributed by atoms with Crippen LogP contribution in [0.3, 0.4) is 0 Å². The van der Waals surface area contributed by atoms with E-state index in [-0.39, 0.29) is 12.3 Å². The third-order valence-corrected chi connectivity index (χ3v) is 3.01. The summed E-state index contributed by atoms with van der Waals surface area (Å²) >= 11 is 0. The van der Waals surface area contributed by atoms with Crippen LogP contribution in [0.1, 0.15) is 5.89 Å². The van der Waals surface area contributed by atoms with Crippen molar-refractivity contribution >= 4 is 5.91 Å². The van der Waals surface area contributed by atoms with Gasteiger partial charge in [0, 0.05) is 18.7 Å². The van der Waals surface area contributed by atoms with Crippen LogP contribution in [0.25, 0.3) is 11.4 Å². The summed E-state index contributed by atoms with van der Waals surface area (Å²) in [6.07, 6.45) is 0.0799. The molecule has 118 valence electrons. The monoisotopic (exact) mass is 304 g/mol. The Morgan fingerprint density at radius 3 is 2.68 bits per heavy atom. The summed E-state index contributed by atoms with van der Waals surface area (Å²) in [7, 11) is 5.51. The van der Waals surface area contributed by atoms with Crippen LogP contribution in [-0.4, -0.2) is 55.2 Å². The van der Waals surface area contributed by atoms with E-state index in [9.17, 15) is 4.79 Å². The zero-order chi connectivity index (χ0) is 15.9. The molecule has 2 rings (SSSR count). The number of hydrogen-bond donors (Lipinski definition) is 1. The molecule has 0 aliphatic carbocycles. The maximum absolute atomic E-state index is 11.7. The summed E-state index contributed by atoms with van der Waals surface area (Å²) in [6, 6.07) is 7.31. The van der Waals surface area contributed by atoms with Crippen LogP contribution in [0.15, 0.2) is 28.8 Å². The second-order valence-electron chi connectivity index (χ2n) is 5.07. The first-order valence-electron chi connectivity index (χ1n) is 6.97. The topological polar surface area (TPSA) is 80.5 Å². The molecule has 0 radical (unpaired) electrons. The van der Waals surface area contributed by atoms with Gasteiger partial charge in [-0.05, 0) is 38.4 Å². The minimum atomic E-state index is -0.133. The number of nitrogens with zero attached hydrogens (tertiary/aromatic N) is 3. The zero-order valence-corrected chi connectivity index (χ0v) is 13.0. The molecule has 0 spiro atoms. The smallest absolute Gasteiger partial charge is 0.236 e. The highest BCUT2D eigenvalue weighted by Crippen LogP contribution is 2.19. The highest BCUT2D eigenvalue weighted by atomic mass is 16.5. The van der Waals surface area contributed by atoms with Crippen molar-refractivity contribution in [3.05, 3.63) is 30.2 Å². The van der Waals surface area contributed by atoms with Gasteiger partial charge < -0.3 is 19.5 Å². The molecule has 2 aromatic rings. The van der Waals surface area contributed by atoms with Crippen LogP contribution in [0, 0.1) is 0 Å². The molecule has 0 fully saturated rings. The predicted molar refractivity (Wildman–Crippen MR) is 81.6 cm³/mol. The number of carbonyl (C=O) groups excluding carboxylic acids is 1. The molecule has 22 heavy (non-hydrogen) atoms. The Kier molecular flexibility index (Phi) is 5.48. The van der Waals surface area contributed by atoms with Crippen molar-refractivity contribution in [3.63, 3.8) is 0 Å². The number of benzene rings is 1. The van der Waals surface area contributed by atoms with E-state index in [1.54, 1.807) is 7.11 Å². The number of ether oxygens (including phenoxy) is 1.